The van der Waals surface area contributed by atoms with Gasteiger partial charge in [0, 0.05) is 37.8 Å². The molecule has 4 heterocycles. The number of imide groups is 1. The Bertz CT molecular complexity index is 1170. The molecule has 0 aliphatic carbocycles. The molecule has 5 rings (SSSR count). The molecule has 0 radical (unpaired) electrons. The summed E-state index contributed by atoms with van der Waals surface area (Å²) in [6.45, 7) is 4.74. The second kappa shape index (κ2) is 8.78. The molecule has 1 aromatic heterocycles. The molecule has 8 heteroatoms. The van der Waals surface area contributed by atoms with Crippen LogP contribution in [0.5, 0.6) is 0 Å². The van der Waals surface area contributed by atoms with Crippen molar-refractivity contribution in [3.05, 3.63) is 64.5 Å². The Morgan fingerprint density at radius 2 is 2.09 bits per heavy atom. The highest BCUT2D eigenvalue weighted by atomic mass is 16.2. The highest BCUT2D eigenvalue weighted by Gasteiger charge is 2.39. The molecule has 1 unspecified atom stereocenters. The van der Waals surface area contributed by atoms with Crippen LogP contribution in [0.15, 0.2) is 36.5 Å². The minimum Gasteiger partial charge on any atom is -0.379 e. The molecule has 0 spiro atoms. The molecule has 3 N–H and O–H groups in total. The van der Waals surface area contributed by atoms with Crippen LogP contribution in [-0.2, 0) is 22.7 Å². The first-order chi connectivity index (χ1) is 16.0. The number of carbonyl (C=O) groups is 3. The molecular weight excluding hydrogens is 418 g/mol. The van der Waals surface area contributed by atoms with E-state index in [2.05, 4.69) is 33.1 Å². The number of nitrogens with zero attached hydrogens (tertiary/aromatic N) is 2. The van der Waals surface area contributed by atoms with E-state index in [4.69, 9.17) is 0 Å². The minimum atomic E-state index is -0.607. The molecule has 2 aromatic rings. The van der Waals surface area contributed by atoms with Gasteiger partial charge in [-0.2, -0.15) is 0 Å². The van der Waals surface area contributed by atoms with Crippen molar-refractivity contribution in [2.24, 2.45) is 0 Å². The maximum Gasteiger partial charge on any atom is 0.255 e. The van der Waals surface area contributed by atoms with Gasteiger partial charge in [0.1, 0.15) is 6.04 Å². The molecule has 0 bridgehead atoms. The summed E-state index contributed by atoms with van der Waals surface area (Å²) >= 11 is 0. The monoisotopic (exact) mass is 445 g/mol. The molecule has 170 valence electrons. The molecule has 1 fully saturated rings. The fraction of sp³-hybridized carbons (Fsp3) is 0.360. The summed E-state index contributed by atoms with van der Waals surface area (Å²) in [5.74, 6) is -0.825. The molecule has 3 aliphatic heterocycles. The van der Waals surface area contributed by atoms with Gasteiger partial charge >= 0.3 is 0 Å². The van der Waals surface area contributed by atoms with Gasteiger partial charge in [0.2, 0.25) is 11.8 Å². The number of aromatic nitrogens is 1. The van der Waals surface area contributed by atoms with Gasteiger partial charge in [0.05, 0.1) is 11.4 Å². The number of carbonyl (C=O) groups excluding carboxylic acids is 3. The van der Waals surface area contributed by atoms with Crippen molar-refractivity contribution in [3.8, 4) is 0 Å². The lowest BCUT2D eigenvalue weighted by Gasteiger charge is -2.29. The molecule has 3 aliphatic rings. The zero-order valence-electron chi connectivity index (χ0n) is 18.6. The first-order valence-corrected chi connectivity index (χ1v) is 11.4. The Morgan fingerprint density at radius 1 is 1.21 bits per heavy atom. The highest BCUT2D eigenvalue weighted by molar-refractivity contribution is 6.05. The third kappa shape index (κ3) is 4.14. The Labute approximate surface area is 192 Å². The molecule has 8 nitrogen and oxygen atoms in total. The zero-order chi connectivity index (χ0) is 22.9. The lowest BCUT2D eigenvalue weighted by Crippen LogP contribution is -2.52. The molecule has 0 saturated carbocycles. The fourth-order valence-electron chi connectivity index (χ4n) is 4.78. The van der Waals surface area contributed by atoms with Gasteiger partial charge in [-0.25, -0.2) is 0 Å². The number of piperidine rings is 1. The zero-order valence-corrected chi connectivity index (χ0v) is 18.6. The number of benzene rings is 1. The summed E-state index contributed by atoms with van der Waals surface area (Å²) in [5.41, 5.74) is 6.89. The summed E-state index contributed by atoms with van der Waals surface area (Å²) in [6.07, 6.45) is 5.73. The lowest BCUT2D eigenvalue weighted by atomic mass is 10.0. The van der Waals surface area contributed by atoms with Gasteiger partial charge in [-0.1, -0.05) is 18.2 Å². The first kappa shape index (κ1) is 21.3. The predicted octanol–water partition coefficient (Wildman–Crippen LogP) is 2.14. The molecule has 1 aromatic carbocycles. The fourth-order valence-corrected chi connectivity index (χ4v) is 4.78. The summed E-state index contributed by atoms with van der Waals surface area (Å²) in [6, 6.07) is 7.23. The van der Waals surface area contributed by atoms with Crippen LogP contribution in [0.3, 0.4) is 0 Å². The number of hydrogen-bond acceptors (Lipinski definition) is 6. The number of aryl methyl sites for hydroxylation is 1. The number of amides is 3. The predicted molar refractivity (Wildman–Crippen MR) is 124 cm³/mol. The van der Waals surface area contributed by atoms with Crippen LogP contribution >= 0.6 is 0 Å². The quantitative estimate of drug-likeness (QED) is 0.610. The number of pyridine rings is 1. The maximum absolute atomic E-state index is 13.0. The SMILES string of the molecule is Cc1ncc(C2=CCNCC2)cc1NCc1cccc2c1CN(C1CCC(=O)NC1=O)C2=O. The van der Waals surface area contributed by atoms with Gasteiger partial charge in [0.25, 0.3) is 5.91 Å². The number of hydrogen-bond donors (Lipinski definition) is 3. The van der Waals surface area contributed by atoms with E-state index in [0.717, 1.165) is 47.6 Å². The molecule has 1 atom stereocenters. The topological polar surface area (TPSA) is 103 Å². The van der Waals surface area contributed by atoms with E-state index in [9.17, 15) is 14.4 Å². The van der Waals surface area contributed by atoms with E-state index in [1.807, 2.05) is 31.3 Å². The van der Waals surface area contributed by atoms with Gasteiger partial charge in [-0.05, 0) is 60.7 Å². The second-order valence-electron chi connectivity index (χ2n) is 8.74. The van der Waals surface area contributed by atoms with Crippen molar-refractivity contribution in [1.29, 1.82) is 0 Å². The van der Waals surface area contributed by atoms with Gasteiger partial charge in [-0.3, -0.25) is 24.7 Å². The second-order valence-corrected chi connectivity index (χ2v) is 8.74. The van der Waals surface area contributed by atoms with Crippen molar-refractivity contribution in [3.63, 3.8) is 0 Å². The highest BCUT2D eigenvalue weighted by Crippen LogP contribution is 2.31. The molecule has 1 saturated heterocycles. The number of nitrogens with one attached hydrogen (secondary N) is 3. The average molecular weight is 446 g/mol. The van der Waals surface area contributed by atoms with Gasteiger partial charge in [0.15, 0.2) is 0 Å². The van der Waals surface area contributed by atoms with Crippen LogP contribution in [0, 0.1) is 6.92 Å². The van der Waals surface area contributed by atoms with Crippen molar-refractivity contribution in [2.45, 2.75) is 45.3 Å². The van der Waals surface area contributed by atoms with E-state index in [1.54, 1.807) is 4.90 Å². The van der Waals surface area contributed by atoms with Crippen molar-refractivity contribution >= 4 is 29.0 Å². The lowest BCUT2D eigenvalue weighted by molar-refractivity contribution is -0.136. The number of rotatable bonds is 5. The van der Waals surface area contributed by atoms with Crippen molar-refractivity contribution < 1.29 is 14.4 Å². The van der Waals surface area contributed by atoms with E-state index in [1.165, 1.54) is 5.57 Å². The van der Waals surface area contributed by atoms with Crippen LogP contribution in [0.4, 0.5) is 5.69 Å². The van der Waals surface area contributed by atoms with Crippen molar-refractivity contribution in [1.82, 2.24) is 20.5 Å². The normalized spacial score (nSPS) is 20.4. The molecular formula is C25H27N5O3. The maximum atomic E-state index is 13.0. The van der Waals surface area contributed by atoms with E-state index < -0.39 is 11.9 Å². The number of anilines is 1. The summed E-state index contributed by atoms with van der Waals surface area (Å²) in [7, 11) is 0. The summed E-state index contributed by atoms with van der Waals surface area (Å²) in [5, 5.41) is 9.19. The minimum absolute atomic E-state index is 0.154. The first-order valence-electron chi connectivity index (χ1n) is 11.4. The van der Waals surface area contributed by atoms with Crippen LogP contribution in [0.1, 0.15) is 52.0 Å². The Hall–Kier alpha value is -3.52. The summed E-state index contributed by atoms with van der Waals surface area (Å²) < 4.78 is 0. The van der Waals surface area contributed by atoms with E-state index >= 15 is 0 Å². The molecule has 3 amide bonds. The Morgan fingerprint density at radius 3 is 2.88 bits per heavy atom. The van der Waals surface area contributed by atoms with Crippen LogP contribution in [-0.4, -0.2) is 46.7 Å². The van der Waals surface area contributed by atoms with E-state index in [-0.39, 0.29) is 18.2 Å². The molecule has 33 heavy (non-hydrogen) atoms. The van der Waals surface area contributed by atoms with Gasteiger partial charge < -0.3 is 15.5 Å². The van der Waals surface area contributed by atoms with Crippen LogP contribution in [0.25, 0.3) is 5.57 Å². The Kier molecular flexibility index (Phi) is 5.68. The summed E-state index contributed by atoms with van der Waals surface area (Å²) in [4.78, 5) is 43.0. The standard InChI is InChI=1S/C25H27N5O3/c1-15-21(11-18(13-27-15)16-7-9-26-10-8-16)28-12-17-3-2-4-19-20(17)14-30(25(19)33)22-5-6-23(31)29-24(22)32/h2-4,7,11,13,22,26,28H,5-6,8-10,12,14H2,1H3,(H,29,31,32). The van der Waals surface area contributed by atoms with Crippen LogP contribution in [0.2, 0.25) is 0 Å². The largest absolute Gasteiger partial charge is 0.379 e. The number of fused-ring (bicyclic) bond motifs is 1. The van der Waals surface area contributed by atoms with E-state index in [0.29, 0.717) is 25.1 Å². The smallest absolute Gasteiger partial charge is 0.255 e. The average Bonchev–Trinajstić information content (AvgIpc) is 3.16. The van der Waals surface area contributed by atoms with Crippen LogP contribution < -0.4 is 16.0 Å². The third-order valence-electron chi connectivity index (χ3n) is 6.67. The van der Waals surface area contributed by atoms with Gasteiger partial charge in [-0.15, -0.1) is 0 Å². The third-order valence-corrected chi connectivity index (χ3v) is 6.67. The van der Waals surface area contributed by atoms with Crippen molar-refractivity contribution in [2.75, 3.05) is 18.4 Å². The Balaban J connectivity index is 1.34.